The van der Waals surface area contributed by atoms with E-state index in [1.165, 1.54) is 0 Å². The number of hydrogen-bond donors (Lipinski definition) is 2. The molecule has 108 valence electrons. The van der Waals surface area contributed by atoms with Gasteiger partial charge in [-0.15, -0.1) is 0 Å². The van der Waals surface area contributed by atoms with E-state index in [0.717, 1.165) is 19.3 Å². The zero-order chi connectivity index (χ0) is 14.4. The van der Waals surface area contributed by atoms with Crippen LogP contribution in [0.25, 0.3) is 0 Å². The molecule has 0 saturated heterocycles. The standard InChI is InChI=1S/C14H18N2O3S/c17-11-5-7-12-6-4-10-14(15-12)16-20(18,19)13-8-2-1-3-9-13/h4,6,10,13,17H,1-3,8-9,11H2,(H,15,16). The molecule has 0 aromatic carbocycles. The maximum Gasteiger partial charge on any atom is 0.236 e. The molecule has 5 nitrogen and oxygen atoms in total. The summed E-state index contributed by atoms with van der Waals surface area (Å²) in [7, 11) is -3.38. The Morgan fingerprint density at radius 1 is 1.30 bits per heavy atom. The fourth-order valence-electron chi connectivity index (χ4n) is 2.30. The summed E-state index contributed by atoms with van der Waals surface area (Å²) in [5.41, 5.74) is 0.433. The molecular formula is C14H18N2O3S. The Balaban J connectivity index is 2.12. The highest BCUT2D eigenvalue weighted by molar-refractivity contribution is 7.93. The van der Waals surface area contributed by atoms with Gasteiger partial charge in [-0.05, 0) is 30.9 Å². The summed E-state index contributed by atoms with van der Waals surface area (Å²) in [6.45, 7) is -0.250. The predicted octanol–water partition coefficient (Wildman–Crippen LogP) is 1.50. The normalized spacial score (nSPS) is 16.2. The van der Waals surface area contributed by atoms with E-state index >= 15 is 0 Å². The van der Waals surface area contributed by atoms with E-state index in [1.807, 2.05) is 0 Å². The van der Waals surface area contributed by atoms with Crippen molar-refractivity contribution in [1.29, 1.82) is 0 Å². The summed E-state index contributed by atoms with van der Waals surface area (Å²) in [4.78, 5) is 4.12. The Labute approximate surface area is 119 Å². The molecule has 0 bridgehead atoms. The van der Waals surface area contributed by atoms with Gasteiger partial charge in [-0.3, -0.25) is 4.72 Å². The van der Waals surface area contributed by atoms with E-state index < -0.39 is 10.0 Å². The van der Waals surface area contributed by atoms with Gasteiger partial charge >= 0.3 is 0 Å². The summed E-state index contributed by atoms with van der Waals surface area (Å²) in [5.74, 6) is 5.42. The minimum absolute atomic E-state index is 0.250. The summed E-state index contributed by atoms with van der Waals surface area (Å²) in [6.07, 6.45) is 4.44. The maximum absolute atomic E-state index is 12.3. The highest BCUT2D eigenvalue weighted by Crippen LogP contribution is 2.24. The van der Waals surface area contributed by atoms with Crippen molar-refractivity contribution in [1.82, 2.24) is 4.98 Å². The molecule has 0 spiro atoms. The van der Waals surface area contributed by atoms with Gasteiger partial charge in [0.1, 0.15) is 18.1 Å². The molecular weight excluding hydrogens is 276 g/mol. The molecule has 1 aromatic rings. The molecule has 1 fully saturated rings. The lowest BCUT2D eigenvalue weighted by Crippen LogP contribution is -2.30. The molecule has 0 atom stereocenters. The number of nitrogens with one attached hydrogen (secondary N) is 1. The molecule has 1 aliphatic rings. The first kappa shape index (κ1) is 14.8. The molecule has 0 amide bonds. The van der Waals surface area contributed by atoms with E-state index in [0.29, 0.717) is 18.5 Å². The first-order chi connectivity index (χ1) is 9.62. The molecule has 0 unspecified atom stereocenters. The molecule has 0 aliphatic heterocycles. The number of aromatic nitrogens is 1. The van der Waals surface area contributed by atoms with Crippen molar-refractivity contribution in [3.8, 4) is 11.8 Å². The van der Waals surface area contributed by atoms with Gasteiger partial charge in [0.2, 0.25) is 10.0 Å². The average Bonchev–Trinajstić information content (AvgIpc) is 2.46. The lowest BCUT2D eigenvalue weighted by molar-refractivity contribution is 0.350. The van der Waals surface area contributed by atoms with Crippen LogP contribution in [-0.4, -0.2) is 30.4 Å². The fourth-order valence-corrected chi connectivity index (χ4v) is 3.82. The predicted molar refractivity (Wildman–Crippen MR) is 77.6 cm³/mol. The highest BCUT2D eigenvalue weighted by Gasteiger charge is 2.27. The highest BCUT2D eigenvalue weighted by atomic mass is 32.2. The van der Waals surface area contributed by atoms with Gasteiger partial charge in [0.25, 0.3) is 0 Å². The van der Waals surface area contributed by atoms with Crippen molar-refractivity contribution in [2.24, 2.45) is 0 Å². The first-order valence-corrected chi connectivity index (χ1v) is 8.25. The second-order valence-corrected chi connectivity index (χ2v) is 6.74. The summed E-state index contributed by atoms with van der Waals surface area (Å²) in [5, 5.41) is 8.31. The van der Waals surface area contributed by atoms with E-state index in [-0.39, 0.29) is 17.7 Å². The van der Waals surface area contributed by atoms with E-state index in [1.54, 1.807) is 18.2 Å². The van der Waals surface area contributed by atoms with Gasteiger partial charge in [-0.1, -0.05) is 31.2 Å². The lowest BCUT2D eigenvalue weighted by atomic mass is 10.0. The molecule has 1 aliphatic carbocycles. The van der Waals surface area contributed by atoms with Crippen molar-refractivity contribution in [2.75, 3.05) is 11.3 Å². The Kier molecular flexibility index (Phi) is 4.99. The number of sulfonamides is 1. The van der Waals surface area contributed by atoms with Crippen LogP contribution in [0.2, 0.25) is 0 Å². The third-order valence-electron chi connectivity index (χ3n) is 3.28. The largest absolute Gasteiger partial charge is 0.384 e. The number of rotatable bonds is 3. The number of anilines is 1. The topological polar surface area (TPSA) is 79.3 Å². The second kappa shape index (κ2) is 6.73. The van der Waals surface area contributed by atoms with E-state index in [4.69, 9.17) is 5.11 Å². The van der Waals surface area contributed by atoms with Crippen LogP contribution in [-0.2, 0) is 10.0 Å². The smallest absolute Gasteiger partial charge is 0.236 e. The van der Waals surface area contributed by atoms with Gasteiger partial charge in [0, 0.05) is 0 Å². The van der Waals surface area contributed by atoms with Crippen molar-refractivity contribution in [3.05, 3.63) is 23.9 Å². The second-order valence-electron chi connectivity index (χ2n) is 4.78. The summed E-state index contributed by atoms with van der Waals surface area (Å²) in [6, 6.07) is 4.96. The lowest BCUT2D eigenvalue weighted by Gasteiger charge is -2.22. The van der Waals surface area contributed by atoms with Crippen molar-refractivity contribution >= 4 is 15.8 Å². The number of pyridine rings is 1. The van der Waals surface area contributed by atoms with Crippen LogP contribution < -0.4 is 4.72 Å². The molecule has 1 saturated carbocycles. The van der Waals surface area contributed by atoms with Crippen LogP contribution in [0.4, 0.5) is 5.82 Å². The van der Waals surface area contributed by atoms with Crippen molar-refractivity contribution in [2.45, 2.75) is 37.4 Å². The van der Waals surface area contributed by atoms with Gasteiger partial charge in [-0.2, -0.15) is 0 Å². The van der Waals surface area contributed by atoms with Crippen LogP contribution in [0.15, 0.2) is 18.2 Å². The summed E-state index contributed by atoms with van der Waals surface area (Å²) < 4.78 is 27.0. The zero-order valence-corrected chi connectivity index (χ0v) is 12.0. The third kappa shape index (κ3) is 3.95. The maximum atomic E-state index is 12.3. The van der Waals surface area contributed by atoms with Crippen molar-refractivity contribution < 1.29 is 13.5 Å². The van der Waals surface area contributed by atoms with Crippen LogP contribution in [0, 0.1) is 11.8 Å². The van der Waals surface area contributed by atoms with Crippen molar-refractivity contribution in [3.63, 3.8) is 0 Å². The minimum atomic E-state index is -3.38. The number of aliphatic hydroxyl groups excluding tert-OH is 1. The Morgan fingerprint density at radius 2 is 2.05 bits per heavy atom. The average molecular weight is 294 g/mol. The van der Waals surface area contributed by atoms with Gasteiger partial charge in [-0.25, -0.2) is 13.4 Å². The van der Waals surface area contributed by atoms with Gasteiger partial charge in [0.15, 0.2) is 0 Å². The monoisotopic (exact) mass is 294 g/mol. The van der Waals surface area contributed by atoms with E-state index in [2.05, 4.69) is 21.5 Å². The first-order valence-electron chi connectivity index (χ1n) is 6.70. The molecule has 0 radical (unpaired) electrons. The fraction of sp³-hybridized carbons (Fsp3) is 0.500. The molecule has 2 rings (SSSR count). The SMILES string of the molecule is O=S(=O)(Nc1cccc(C#CCO)n1)C1CCCCC1. The number of aliphatic hydroxyl groups is 1. The van der Waals surface area contributed by atoms with Gasteiger partial charge in [0.05, 0.1) is 5.25 Å². The third-order valence-corrected chi connectivity index (χ3v) is 5.13. The molecule has 1 heterocycles. The number of nitrogens with zero attached hydrogens (tertiary/aromatic N) is 1. The Morgan fingerprint density at radius 3 is 2.75 bits per heavy atom. The molecule has 20 heavy (non-hydrogen) atoms. The Hall–Kier alpha value is -1.58. The summed E-state index contributed by atoms with van der Waals surface area (Å²) >= 11 is 0. The molecule has 1 aromatic heterocycles. The quantitative estimate of drug-likeness (QED) is 0.828. The zero-order valence-electron chi connectivity index (χ0n) is 11.2. The van der Waals surface area contributed by atoms with E-state index in [9.17, 15) is 8.42 Å². The number of hydrogen-bond acceptors (Lipinski definition) is 4. The minimum Gasteiger partial charge on any atom is -0.384 e. The molecule has 6 heteroatoms. The van der Waals surface area contributed by atoms with Gasteiger partial charge < -0.3 is 5.11 Å². The van der Waals surface area contributed by atoms with Crippen LogP contribution in [0.5, 0.6) is 0 Å². The van der Waals surface area contributed by atoms with Crippen LogP contribution in [0.1, 0.15) is 37.8 Å². The Bertz CT molecular complexity index is 611. The molecule has 2 N–H and O–H groups in total. The van der Waals surface area contributed by atoms with Crippen LogP contribution >= 0.6 is 0 Å². The van der Waals surface area contributed by atoms with Crippen LogP contribution in [0.3, 0.4) is 0 Å².